The molecule has 0 aliphatic carbocycles. The van der Waals surface area contributed by atoms with Gasteiger partial charge in [0.25, 0.3) is 0 Å². The third-order valence-electron chi connectivity index (χ3n) is 2.21. The zero-order chi connectivity index (χ0) is 14.5. The first kappa shape index (κ1) is 16.1. The molecule has 1 aromatic carbocycles. The average molecular weight is 309 g/mol. The fourth-order valence-electron chi connectivity index (χ4n) is 1.40. The topological polar surface area (TPSA) is 17.1 Å². The molecule has 0 saturated heterocycles. The van der Waals surface area contributed by atoms with Gasteiger partial charge in [-0.1, -0.05) is 41.6 Å². The summed E-state index contributed by atoms with van der Waals surface area (Å²) in [6.45, 7) is 1.45. The van der Waals surface area contributed by atoms with Gasteiger partial charge in [-0.25, -0.2) is 0 Å². The summed E-state index contributed by atoms with van der Waals surface area (Å²) in [5.41, 5.74) is -0.680. The highest BCUT2D eigenvalue weighted by atomic mass is 35.5. The molecule has 1 nitrogen and oxygen atoms in total. The van der Waals surface area contributed by atoms with Gasteiger partial charge in [-0.05, 0) is 24.1 Å². The van der Waals surface area contributed by atoms with Gasteiger partial charge < -0.3 is 0 Å². The van der Waals surface area contributed by atoms with Crippen LogP contribution in [0.3, 0.4) is 0 Å². The Balaban J connectivity index is 2.78. The highest BCUT2D eigenvalue weighted by molar-refractivity contribution is 8.13. The molecule has 0 atom stereocenters. The van der Waals surface area contributed by atoms with Crippen molar-refractivity contribution in [2.75, 3.05) is 5.75 Å². The lowest BCUT2D eigenvalue weighted by Gasteiger charge is -2.10. The van der Waals surface area contributed by atoms with E-state index in [1.807, 2.05) is 0 Å². The van der Waals surface area contributed by atoms with Crippen molar-refractivity contribution >= 4 is 34.6 Å². The molecule has 0 radical (unpaired) electrons. The Bertz CT molecular complexity index is 483. The van der Waals surface area contributed by atoms with Gasteiger partial charge in [-0.3, -0.25) is 4.79 Å². The number of rotatable bonds is 4. The first-order valence-corrected chi connectivity index (χ1v) is 6.83. The van der Waals surface area contributed by atoms with Crippen molar-refractivity contribution in [3.8, 4) is 0 Å². The van der Waals surface area contributed by atoms with Gasteiger partial charge in [0, 0.05) is 17.7 Å². The van der Waals surface area contributed by atoms with E-state index in [1.54, 1.807) is 6.08 Å². The number of hydrogen-bond donors (Lipinski definition) is 0. The van der Waals surface area contributed by atoms with E-state index in [-0.39, 0.29) is 15.7 Å². The maximum atomic E-state index is 12.8. The van der Waals surface area contributed by atoms with E-state index in [2.05, 4.69) is 0 Å². The predicted molar refractivity (Wildman–Crippen MR) is 73.2 cm³/mol. The second kappa shape index (κ2) is 7.01. The summed E-state index contributed by atoms with van der Waals surface area (Å²) in [4.78, 5) is 10.7. The molecular formula is C13H12ClF3OS. The normalized spacial score (nSPS) is 12.1. The Morgan fingerprint density at radius 2 is 2.11 bits per heavy atom. The number of carbonyl (C=O) groups is 1. The van der Waals surface area contributed by atoms with Crippen LogP contribution in [0.1, 0.15) is 24.5 Å². The maximum absolute atomic E-state index is 12.8. The number of hydrogen-bond acceptors (Lipinski definition) is 2. The highest BCUT2D eigenvalue weighted by Gasteiger charge is 2.32. The monoisotopic (exact) mass is 308 g/mol. The van der Waals surface area contributed by atoms with Gasteiger partial charge >= 0.3 is 6.18 Å². The number of carbonyl (C=O) groups excluding carboxylic acids is 1. The van der Waals surface area contributed by atoms with E-state index >= 15 is 0 Å². The van der Waals surface area contributed by atoms with Crippen molar-refractivity contribution in [1.29, 1.82) is 0 Å². The molecule has 0 saturated carbocycles. The molecule has 0 heterocycles. The van der Waals surface area contributed by atoms with Crippen LogP contribution in [0.5, 0.6) is 0 Å². The minimum Gasteiger partial charge on any atom is -0.288 e. The molecule has 0 amide bonds. The van der Waals surface area contributed by atoms with E-state index in [0.29, 0.717) is 12.2 Å². The summed E-state index contributed by atoms with van der Waals surface area (Å²) in [5.74, 6) is 0.556. The Morgan fingerprint density at radius 1 is 1.42 bits per heavy atom. The number of halogens is 4. The van der Waals surface area contributed by atoms with E-state index in [9.17, 15) is 18.0 Å². The van der Waals surface area contributed by atoms with Crippen LogP contribution >= 0.6 is 23.4 Å². The Hall–Kier alpha value is -0.940. The van der Waals surface area contributed by atoms with Crippen LogP contribution in [0, 0.1) is 0 Å². The minimum absolute atomic E-state index is 0.00382. The first-order valence-electron chi connectivity index (χ1n) is 5.47. The molecular weight excluding hydrogens is 297 g/mol. The summed E-state index contributed by atoms with van der Waals surface area (Å²) in [6.07, 6.45) is -0.878. The van der Waals surface area contributed by atoms with Crippen LogP contribution in [0.25, 0.3) is 6.08 Å². The van der Waals surface area contributed by atoms with Crippen LogP contribution in [-0.4, -0.2) is 10.9 Å². The molecule has 19 heavy (non-hydrogen) atoms. The van der Waals surface area contributed by atoms with Gasteiger partial charge in [0.2, 0.25) is 0 Å². The Labute approximate surface area is 118 Å². The van der Waals surface area contributed by atoms with E-state index in [1.165, 1.54) is 25.1 Å². The molecule has 0 fully saturated rings. The molecule has 0 unspecified atom stereocenters. The van der Waals surface area contributed by atoms with Gasteiger partial charge in [-0.15, -0.1) is 0 Å². The number of alkyl halides is 3. The quantitative estimate of drug-likeness (QED) is 0.725. The molecule has 104 valence electrons. The van der Waals surface area contributed by atoms with Gasteiger partial charge in [-0.2, -0.15) is 13.2 Å². The van der Waals surface area contributed by atoms with Gasteiger partial charge in [0.1, 0.15) is 0 Å². The van der Waals surface area contributed by atoms with Crippen molar-refractivity contribution < 1.29 is 18.0 Å². The summed E-state index contributed by atoms with van der Waals surface area (Å²) < 4.78 is 38.3. The van der Waals surface area contributed by atoms with Crippen molar-refractivity contribution in [3.63, 3.8) is 0 Å². The van der Waals surface area contributed by atoms with Crippen molar-refractivity contribution in [3.05, 3.63) is 40.4 Å². The van der Waals surface area contributed by atoms with Crippen LogP contribution < -0.4 is 0 Å². The van der Waals surface area contributed by atoms with Crippen LogP contribution in [0.15, 0.2) is 24.3 Å². The highest BCUT2D eigenvalue weighted by Crippen LogP contribution is 2.34. The second-order valence-electron chi connectivity index (χ2n) is 3.76. The second-order valence-corrected chi connectivity index (χ2v) is 5.47. The number of allylic oxidation sites excluding steroid dienone is 1. The predicted octanol–water partition coefficient (Wildman–Crippen LogP) is 5.04. The maximum Gasteiger partial charge on any atom is 0.417 e. The lowest BCUT2D eigenvalue weighted by atomic mass is 10.1. The molecule has 0 bridgehead atoms. The molecule has 1 aromatic rings. The first-order chi connectivity index (χ1) is 8.80. The molecule has 0 aliphatic rings. The summed E-state index contributed by atoms with van der Waals surface area (Å²) in [6, 6.07) is 3.66. The number of benzene rings is 1. The molecule has 0 spiro atoms. The SMILES string of the molecule is CC(=O)SCCC=Cc1ccc(Cl)cc1C(F)(F)F. The smallest absolute Gasteiger partial charge is 0.288 e. The molecule has 0 N–H and O–H groups in total. The Kier molecular flexibility index (Phi) is 5.94. The zero-order valence-electron chi connectivity index (χ0n) is 10.1. The van der Waals surface area contributed by atoms with Crippen LogP contribution in [0.4, 0.5) is 13.2 Å². The van der Waals surface area contributed by atoms with Crippen molar-refractivity contribution in [2.24, 2.45) is 0 Å². The van der Waals surface area contributed by atoms with Crippen molar-refractivity contribution in [1.82, 2.24) is 0 Å². The zero-order valence-corrected chi connectivity index (χ0v) is 11.7. The Morgan fingerprint density at radius 3 is 2.68 bits per heavy atom. The summed E-state index contributed by atoms with van der Waals surface area (Å²) in [5, 5.41) is 0.0486. The summed E-state index contributed by atoms with van der Waals surface area (Å²) >= 11 is 6.72. The fourth-order valence-corrected chi connectivity index (χ4v) is 2.11. The van der Waals surface area contributed by atoms with Gasteiger partial charge in [0.15, 0.2) is 5.12 Å². The van der Waals surface area contributed by atoms with E-state index < -0.39 is 11.7 Å². The van der Waals surface area contributed by atoms with E-state index in [4.69, 9.17) is 11.6 Å². The fraction of sp³-hybridized carbons (Fsp3) is 0.308. The molecule has 1 rings (SSSR count). The lowest BCUT2D eigenvalue weighted by molar-refractivity contribution is -0.137. The third kappa shape index (κ3) is 5.70. The summed E-state index contributed by atoms with van der Waals surface area (Å²) in [7, 11) is 0. The molecule has 0 aromatic heterocycles. The number of thioether (sulfide) groups is 1. The average Bonchev–Trinajstić information content (AvgIpc) is 2.28. The standard InChI is InChI=1S/C13H12ClF3OS/c1-9(18)19-7-3-2-4-10-5-6-11(14)8-12(10)13(15,16)17/h2,4-6,8H,3,7H2,1H3. The lowest BCUT2D eigenvalue weighted by Crippen LogP contribution is -2.07. The molecule has 6 heteroatoms. The molecule has 0 aliphatic heterocycles. The van der Waals surface area contributed by atoms with Gasteiger partial charge in [0.05, 0.1) is 5.56 Å². The van der Waals surface area contributed by atoms with E-state index in [0.717, 1.165) is 17.8 Å². The minimum atomic E-state index is -4.43. The largest absolute Gasteiger partial charge is 0.417 e. The van der Waals surface area contributed by atoms with Crippen LogP contribution in [-0.2, 0) is 11.0 Å². The van der Waals surface area contributed by atoms with Crippen LogP contribution in [0.2, 0.25) is 5.02 Å². The van der Waals surface area contributed by atoms with Crippen molar-refractivity contribution in [2.45, 2.75) is 19.5 Å². The third-order valence-corrected chi connectivity index (χ3v) is 3.29.